The van der Waals surface area contributed by atoms with Crippen molar-refractivity contribution in [1.29, 1.82) is 0 Å². The zero-order valence-electron chi connectivity index (χ0n) is 18.2. The average Bonchev–Trinajstić information content (AvgIpc) is 2.99. The van der Waals surface area contributed by atoms with Gasteiger partial charge in [0.2, 0.25) is 11.8 Å². The summed E-state index contributed by atoms with van der Waals surface area (Å²) in [7, 11) is 0. The van der Waals surface area contributed by atoms with E-state index in [1.807, 2.05) is 0 Å². The predicted molar refractivity (Wildman–Crippen MR) is 115 cm³/mol. The first-order valence-electron chi connectivity index (χ1n) is 11.6. The van der Waals surface area contributed by atoms with Gasteiger partial charge in [-0.2, -0.15) is 0 Å². The fourth-order valence-electron chi connectivity index (χ4n) is 4.01. The van der Waals surface area contributed by atoms with E-state index in [0.29, 0.717) is 12.8 Å². The first-order valence-corrected chi connectivity index (χ1v) is 11.6. The van der Waals surface area contributed by atoms with Crippen molar-refractivity contribution in [2.75, 3.05) is 0 Å². The monoisotopic (exact) mass is 377 g/mol. The lowest BCUT2D eigenvalue weighted by molar-refractivity contribution is -0.140. The molecule has 0 radical (unpaired) electrons. The van der Waals surface area contributed by atoms with E-state index < -0.39 is 0 Å². The van der Waals surface area contributed by atoms with Gasteiger partial charge in [0, 0.05) is 12.8 Å². The summed E-state index contributed by atoms with van der Waals surface area (Å²) in [5, 5.41) is 0. The number of likely N-dealkylation sites (tertiary alicyclic amines) is 1. The highest BCUT2D eigenvalue weighted by Gasteiger charge is 2.35. The third-order valence-corrected chi connectivity index (χ3v) is 5.76. The summed E-state index contributed by atoms with van der Waals surface area (Å²) < 4.78 is 0. The van der Waals surface area contributed by atoms with E-state index in [4.69, 9.17) is 0 Å². The van der Waals surface area contributed by atoms with Gasteiger partial charge in [0.25, 0.3) is 0 Å². The Morgan fingerprint density at radius 3 is 1.78 bits per heavy atom. The van der Waals surface area contributed by atoms with Crippen LogP contribution in [0.25, 0.3) is 0 Å². The number of nitrogens with zero attached hydrogens (tertiary/aromatic N) is 1. The molecule has 2 amide bonds. The molecule has 3 nitrogen and oxygen atoms in total. The Bertz CT molecular complexity index is 439. The molecule has 0 aromatic carbocycles. The van der Waals surface area contributed by atoms with Gasteiger partial charge in [-0.15, -0.1) is 0 Å². The average molecular weight is 378 g/mol. The first kappa shape index (κ1) is 23.9. The molecule has 0 bridgehead atoms. The van der Waals surface area contributed by atoms with Gasteiger partial charge < -0.3 is 0 Å². The van der Waals surface area contributed by atoms with Gasteiger partial charge in [-0.05, 0) is 19.8 Å². The highest BCUT2D eigenvalue weighted by molar-refractivity contribution is 6.02. The third-order valence-electron chi connectivity index (χ3n) is 5.76. The quantitative estimate of drug-likeness (QED) is 0.166. The summed E-state index contributed by atoms with van der Waals surface area (Å²) in [6, 6.07) is -0.00221. The smallest absolute Gasteiger partial charge is 0.230 e. The van der Waals surface area contributed by atoms with Crippen molar-refractivity contribution >= 4 is 11.8 Å². The highest BCUT2D eigenvalue weighted by atomic mass is 16.2. The third kappa shape index (κ3) is 9.58. The molecule has 1 aliphatic heterocycles. The molecule has 156 valence electrons. The Balaban J connectivity index is 2.28. The SMILES string of the molecule is CCC/C=C(\C)C(CCCCCCCCCCCCC)N1C(=O)CCC1=O. The van der Waals surface area contributed by atoms with Crippen LogP contribution in [0.1, 0.15) is 124 Å². The molecule has 0 saturated carbocycles. The van der Waals surface area contributed by atoms with Crippen LogP contribution in [0.2, 0.25) is 0 Å². The molecule has 0 N–H and O–H groups in total. The molecule has 27 heavy (non-hydrogen) atoms. The lowest BCUT2D eigenvalue weighted by Crippen LogP contribution is -2.40. The van der Waals surface area contributed by atoms with Crippen molar-refractivity contribution in [1.82, 2.24) is 4.90 Å². The molecule has 1 rings (SSSR count). The van der Waals surface area contributed by atoms with E-state index in [9.17, 15) is 9.59 Å². The molecular weight excluding hydrogens is 334 g/mol. The summed E-state index contributed by atoms with van der Waals surface area (Å²) in [5.41, 5.74) is 1.20. The molecule has 3 heteroatoms. The van der Waals surface area contributed by atoms with Crippen LogP contribution in [0, 0.1) is 0 Å². The van der Waals surface area contributed by atoms with Crippen LogP contribution in [0.15, 0.2) is 11.6 Å². The fourth-order valence-corrected chi connectivity index (χ4v) is 4.01. The van der Waals surface area contributed by atoms with Gasteiger partial charge in [0.15, 0.2) is 0 Å². The molecule has 1 fully saturated rings. The number of carbonyl (C=O) groups is 2. The van der Waals surface area contributed by atoms with Crippen LogP contribution in [-0.2, 0) is 9.59 Å². The summed E-state index contributed by atoms with van der Waals surface area (Å²) in [4.78, 5) is 25.9. The number of hydrogen-bond donors (Lipinski definition) is 0. The number of rotatable bonds is 16. The van der Waals surface area contributed by atoms with E-state index in [-0.39, 0.29) is 17.9 Å². The lowest BCUT2D eigenvalue weighted by atomic mass is 9.98. The Kier molecular flexibility index (Phi) is 13.2. The maximum absolute atomic E-state index is 12.2. The van der Waals surface area contributed by atoms with Crippen molar-refractivity contribution in [3.63, 3.8) is 0 Å². The van der Waals surface area contributed by atoms with E-state index in [1.165, 1.54) is 69.8 Å². The number of allylic oxidation sites excluding steroid dienone is 1. The summed E-state index contributed by atoms with van der Waals surface area (Å²) in [5.74, 6) is 0.0506. The molecule has 1 saturated heterocycles. The van der Waals surface area contributed by atoms with Crippen molar-refractivity contribution in [2.24, 2.45) is 0 Å². The van der Waals surface area contributed by atoms with Gasteiger partial charge in [-0.1, -0.05) is 103 Å². The molecule has 0 aliphatic carbocycles. The van der Waals surface area contributed by atoms with Crippen molar-refractivity contribution in [3.8, 4) is 0 Å². The summed E-state index contributed by atoms with van der Waals surface area (Å²) in [6.45, 7) is 6.52. The van der Waals surface area contributed by atoms with Crippen LogP contribution in [0.4, 0.5) is 0 Å². The normalized spacial score (nSPS) is 16.4. The minimum atomic E-state index is -0.00221. The first-order chi connectivity index (χ1) is 13.1. The van der Waals surface area contributed by atoms with Crippen LogP contribution in [0.3, 0.4) is 0 Å². The zero-order chi connectivity index (χ0) is 19.9. The number of amides is 2. The number of hydrogen-bond acceptors (Lipinski definition) is 2. The second-order valence-corrected chi connectivity index (χ2v) is 8.23. The van der Waals surface area contributed by atoms with Gasteiger partial charge in [0.05, 0.1) is 6.04 Å². The number of unbranched alkanes of at least 4 members (excludes halogenated alkanes) is 11. The number of imide groups is 1. The minimum absolute atomic E-state index is 0.00221. The Labute approximate surface area is 168 Å². The van der Waals surface area contributed by atoms with Gasteiger partial charge in [-0.25, -0.2) is 0 Å². The maximum atomic E-state index is 12.2. The molecule has 1 atom stereocenters. The van der Waals surface area contributed by atoms with Gasteiger partial charge in [0.1, 0.15) is 0 Å². The van der Waals surface area contributed by atoms with Gasteiger partial charge in [-0.3, -0.25) is 14.5 Å². The van der Waals surface area contributed by atoms with Crippen LogP contribution in [0.5, 0.6) is 0 Å². The van der Waals surface area contributed by atoms with Crippen LogP contribution < -0.4 is 0 Å². The second-order valence-electron chi connectivity index (χ2n) is 8.23. The standard InChI is InChI=1S/C24H43NO2/c1-4-6-8-9-10-11-12-13-14-15-16-18-22(21(3)17-7-5-2)25-23(26)19-20-24(25)27/h17,22H,4-16,18-20H2,1-3H3/b21-17+. The van der Waals surface area contributed by atoms with Crippen molar-refractivity contribution in [3.05, 3.63) is 11.6 Å². The molecule has 1 aliphatic rings. The summed E-state index contributed by atoms with van der Waals surface area (Å²) in [6.07, 6.45) is 20.6. The van der Waals surface area contributed by atoms with E-state index in [1.54, 1.807) is 4.90 Å². The van der Waals surface area contributed by atoms with E-state index in [0.717, 1.165) is 25.7 Å². The Morgan fingerprint density at radius 2 is 1.30 bits per heavy atom. The van der Waals surface area contributed by atoms with Crippen molar-refractivity contribution in [2.45, 2.75) is 130 Å². The highest BCUT2D eigenvalue weighted by Crippen LogP contribution is 2.25. The molecule has 1 heterocycles. The second kappa shape index (κ2) is 14.9. The van der Waals surface area contributed by atoms with Crippen LogP contribution in [-0.4, -0.2) is 22.8 Å². The lowest BCUT2D eigenvalue weighted by Gasteiger charge is -2.27. The largest absolute Gasteiger partial charge is 0.275 e. The fraction of sp³-hybridized carbons (Fsp3) is 0.833. The number of carbonyl (C=O) groups excluding carboxylic acids is 2. The Hall–Kier alpha value is -1.12. The Morgan fingerprint density at radius 1 is 0.815 bits per heavy atom. The van der Waals surface area contributed by atoms with E-state index in [2.05, 4.69) is 26.8 Å². The zero-order valence-corrected chi connectivity index (χ0v) is 18.2. The summed E-state index contributed by atoms with van der Waals surface area (Å²) >= 11 is 0. The predicted octanol–water partition coefficient (Wildman–Crippen LogP) is 6.95. The van der Waals surface area contributed by atoms with E-state index >= 15 is 0 Å². The van der Waals surface area contributed by atoms with Crippen molar-refractivity contribution < 1.29 is 9.59 Å². The molecule has 1 unspecified atom stereocenters. The maximum Gasteiger partial charge on any atom is 0.230 e. The molecule has 0 aromatic rings. The molecule has 0 aromatic heterocycles. The molecule has 0 spiro atoms. The minimum Gasteiger partial charge on any atom is -0.275 e. The van der Waals surface area contributed by atoms with Crippen LogP contribution >= 0.6 is 0 Å². The molecular formula is C24H43NO2. The topological polar surface area (TPSA) is 37.4 Å². The van der Waals surface area contributed by atoms with Gasteiger partial charge >= 0.3 is 0 Å².